The normalized spacial score (nSPS) is 10.8. The number of nitrogens with one attached hydrogen (secondary N) is 1. The van der Waals surface area contributed by atoms with E-state index in [1.54, 1.807) is 18.3 Å². The summed E-state index contributed by atoms with van der Waals surface area (Å²) in [7, 11) is 0. The molecule has 0 unspecified atom stereocenters. The molecule has 1 aromatic heterocycles. The van der Waals surface area contributed by atoms with E-state index < -0.39 is 0 Å². The Balaban J connectivity index is 2.42. The van der Waals surface area contributed by atoms with Crippen LogP contribution in [0.4, 0.5) is 10.2 Å². The minimum atomic E-state index is -0.308. The number of nitrogens with zero attached hydrogens (tertiary/aromatic N) is 3. The van der Waals surface area contributed by atoms with Crippen molar-refractivity contribution >= 4 is 11.7 Å². The van der Waals surface area contributed by atoms with Crippen LogP contribution in [0, 0.1) is 11.7 Å². The predicted molar refractivity (Wildman–Crippen MR) is 98.2 cm³/mol. The van der Waals surface area contributed by atoms with Crippen LogP contribution >= 0.6 is 0 Å². The third kappa shape index (κ3) is 4.75. The number of benzene rings is 1. The van der Waals surface area contributed by atoms with E-state index in [4.69, 9.17) is 0 Å². The average molecular weight is 344 g/mol. The maximum atomic E-state index is 13.1. The first-order valence-electron chi connectivity index (χ1n) is 8.62. The van der Waals surface area contributed by atoms with Crippen LogP contribution in [0.1, 0.15) is 38.1 Å². The lowest BCUT2D eigenvalue weighted by Gasteiger charge is -2.23. The number of hydrogen-bond donors (Lipinski definition) is 1. The Kier molecular flexibility index (Phi) is 6.44. The van der Waals surface area contributed by atoms with Gasteiger partial charge in [0.25, 0.3) is 5.91 Å². The van der Waals surface area contributed by atoms with Crippen LogP contribution in [0.15, 0.2) is 30.5 Å². The fourth-order valence-electron chi connectivity index (χ4n) is 2.43. The SMILES string of the molecule is CCN(CC)c1nc(-c2ccc(F)cc2)ncc1C(=O)NCC(C)C. The number of amides is 1. The zero-order valence-corrected chi connectivity index (χ0v) is 15.2. The van der Waals surface area contributed by atoms with Gasteiger partial charge in [-0.2, -0.15) is 0 Å². The van der Waals surface area contributed by atoms with E-state index in [2.05, 4.69) is 15.3 Å². The molecule has 0 aliphatic carbocycles. The molecule has 134 valence electrons. The Labute approximate surface area is 148 Å². The first-order chi connectivity index (χ1) is 12.0. The summed E-state index contributed by atoms with van der Waals surface area (Å²) >= 11 is 0. The maximum absolute atomic E-state index is 13.1. The van der Waals surface area contributed by atoms with Crippen molar-refractivity contribution in [1.29, 1.82) is 0 Å². The van der Waals surface area contributed by atoms with Gasteiger partial charge in [0.2, 0.25) is 0 Å². The van der Waals surface area contributed by atoms with Crippen molar-refractivity contribution in [2.45, 2.75) is 27.7 Å². The number of aromatic nitrogens is 2. The first-order valence-corrected chi connectivity index (χ1v) is 8.62. The van der Waals surface area contributed by atoms with Gasteiger partial charge in [-0.05, 0) is 44.0 Å². The van der Waals surface area contributed by atoms with Crippen LogP contribution in [0.3, 0.4) is 0 Å². The minimum Gasteiger partial charge on any atom is -0.356 e. The molecule has 0 saturated carbocycles. The van der Waals surface area contributed by atoms with E-state index in [9.17, 15) is 9.18 Å². The highest BCUT2D eigenvalue weighted by Crippen LogP contribution is 2.22. The summed E-state index contributed by atoms with van der Waals surface area (Å²) in [5.41, 5.74) is 1.17. The number of anilines is 1. The number of carbonyl (C=O) groups is 1. The van der Waals surface area contributed by atoms with Gasteiger partial charge in [-0.1, -0.05) is 13.8 Å². The molecular formula is C19H25FN4O. The van der Waals surface area contributed by atoms with Crippen LogP contribution in [-0.2, 0) is 0 Å². The van der Waals surface area contributed by atoms with Crippen molar-refractivity contribution < 1.29 is 9.18 Å². The number of halogens is 1. The summed E-state index contributed by atoms with van der Waals surface area (Å²) in [4.78, 5) is 23.5. The molecule has 1 N–H and O–H groups in total. The summed E-state index contributed by atoms with van der Waals surface area (Å²) in [5, 5.41) is 2.91. The lowest BCUT2D eigenvalue weighted by Crippen LogP contribution is -2.31. The van der Waals surface area contributed by atoms with Crippen molar-refractivity contribution in [3.8, 4) is 11.4 Å². The van der Waals surface area contributed by atoms with E-state index in [0.717, 1.165) is 13.1 Å². The molecule has 0 radical (unpaired) electrons. The highest BCUT2D eigenvalue weighted by Gasteiger charge is 2.19. The molecule has 2 aromatic rings. The average Bonchev–Trinajstić information content (AvgIpc) is 2.61. The van der Waals surface area contributed by atoms with Crippen LogP contribution < -0.4 is 10.2 Å². The number of carbonyl (C=O) groups excluding carboxylic acids is 1. The molecule has 5 nitrogen and oxygen atoms in total. The first kappa shape index (κ1) is 18.8. The summed E-state index contributed by atoms with van der Waals surface area (Å²) in [5.74, 6) is 0.946. The number of rotatable bonds is 7. The second kappa shape index (κ2) is 8.55. The molecule has 0 atom stereocenters. The second-order valence-electron chi connectivity index (χ2n) is 6.21. The zero-order chi connectivity index (χ0) is 18.4. The Hall–Kier alpha value is -2.50. The fourth-order valence-corrected chi connectivity index (χ4v) is 2.43. The summed E-state index contributed by atoms with van der Waals surface area (Å²) in [6.07, 6.45) is 1.55. The van der Waals surface area contributed by atoms with E-state index in [0.29, 0.717) is 35.2 Å². The third-order valence-corrected chi connectivity index (χ3v) is 3.85. The maximum Gasteiger partial charge on any atom is 0.256 e. The molecule has 0 bridgehead atoms. The van der Waals surface area contributed by atoms with Crippen molar-refractivity contribution in [1.82, 2.24) is 15.3 Å². The van der Waals surface area contributed by atoms with Crippen molar-refractivity contribution in [2.75, 3.05) is 24.5 Å². The molecule has 0 fully saturated rings. The molecule has 25 heavy (non-hydrogen) atoms. The molecule has 1 heterocycles. The van der Waals surface area contributed by atoms with E-state index in [-0.39, 0.29) is 11.7 Å². The molecule has 0 saturated heterocycles. The van der Waals surface area contributed by atoms with Crippen LogP contribution in [-0.4, -0.2) is 35.5 Å². The molecule has 6 heteroatoms. The van der Waals surface area contributed by atoms with Crippen LogP contribution in [0.2, 0.25) is 0 Å². The monoisotopic (exact) mass is 344 g/mol. The Morgan fingerprint density at radius 2 is 1.84 bits per heavy atom. The van der Waals surface area contributed by atoms with Crippen LogP contribution in [0.5, 0.6) is 0 Å². The standard InChI is InChI=1S/C19H25FN4O/c1-5-24(6-2)18-16(19(25)22-11-13(3)4)12-21-17(23-18)14-7-9-15(20)10-8-14/h7-10,12-13H,5-6,11H2,1-4H3,(H,22,25). The Morgan fingerprint density at radius 1 is 1.20 bits per heavy atom. The van der Waals surface area contributed by atoms with Gasteiger partial charge in [0.15, 0.2) is 5.82 Å². The molecule has 2 rings (SSSR count). The van der Waals surface area contributed by atoms with Gasteiger partial charge in [0, 0.05) is 31.4 Å². The van der Waals surface area contributed by atoms with Gasteiger partial charge < -0.3 is 10.2 Å². The summed E-state index contributed by atoms with van der Waals surface area (Å²) in [6.45, 7) is 10.1. The molecule has 0 spiro atoms. The van der Waals surface area contributed by atoms with E-state index in [1.165, 1.54) is 12.1 Å². The minimum absolute atomic E-state index is 0.179. The Bertz CT molecular complexity index is 712. The lowest BCUT2D eigenvalue weighted by molar-refractivity contribution is 0.0949. The number of hydrogen-bond acceptors (Lipinski definition) is 4. The van der Waals surface area contributed by atoms with Gasteiger partial charge >= 0.3 is 0 Å². The largest absolute Gasteiger partial charge is 0.356 e. The Morgan fingerprint density at radius 3 is 2.40 bits per heavy atom. The topological polar surface area (TPSA) is 58.1 Å². The highest BCUT2D eigenvalue weighted by atomic mass is 19.1. The highest BCUT2D eigenvalue weighted by molar-refractivity contribution is 5.98. The van der Waals surface area contributed by atoms with Crippen molar-refractivity contribution in [2.24, 2.45) is 5.92 Å². The van der Waals surface area contributed by atoms with Gasteiger partial charge in [0.05, 0.1) is 0 Å². The smallest absolute Gasteiger partial charge is 0.256 e. The van der Waals surface area contributed by atoms with Crippen molar-refractivity contribution in [3.63, 3.8) is 0 Å². The predicted octanol–water partition coefficient (Wildman–Crippen LogP) is 3.51. The molecule has 1 amide bonds. The van der Waals surface area contributed by atoms with E-state index >= 15 is 0 Å². The lowest BCUT2D eigenvalue weighted by atomic mass is 10.2. The van der Waals surface area contributed by atoms with Gasteiger partial charge in [-0.25, -0.2) is 14.4 Å². The molecule has 0 aliphatic rings. The van der Waals surface area contributed by atoms with E-state index in [1.807, 2.05) is 32.6 Å². The fraction of sp³-hybridized carbons (Fsp3) is 0.421. The summed E-state index contributed by atoms with van der Waals surface area (Å²) < 4.78 is 13.1. The van der Waals surface area contributed by atoms with Gasteiger partial charge in [-0.3, -0.25) is 4.79 Å². The molecule has 1 aromatic carbocycles. The second-order valence-corrected chi connectivity index (χ2v) is 6.21. The molecule has 0 aliphatic heterocycles. The zero-order valence-electron chi connectivity index (χ0n) is 15.2. The third-order valence-electron chi connectivity index (χ3n) is 3.85. The molecular weight excluding hydrogens is 319 g/mol. The van der Waals surface area contributed by atoms with Crippen LogP contribution in [0.25, 0.3) is 11.4 Å². The van der Waals surface area contributed by atoms with Gasteiger partial charge in [0.1, 0.15) is 17.2 Å². The van der Waals surface area contributed by atoms with Gasteiger partial charge in [-0.15, -0.1) is 0 Å². The summed E-state index contributed by atoms with van der Waals surface area (Å²) in [6, 6.07) is 6.02. The van der Waals surface area contributed by atoms with Crippen molar-refractivity contribution in [3.05, 3.63) is 41.8 Å². The quantitative estimate of drug-likeness (QED) is 0.835.